The predicted octanol–water partition coefficient (Wildman–Crippen LogP) is 1.04. The van der Waals surface area contributed by atoms with Crippen LogP contribution in [0.2, 0.25) is 0 Å². The predicted molar refractivity (Wildman–Crippen MR) is 58.2 cm³/mol. The minimum Gasteiger partial charge on any atom is -0.475 e. The number of fused-ring (bicyclic) bond motifs is 2. The summed E-state index contributed by atoms with van der Waals surface area (Å²) in [5, 5.41) is 17.5. The minimum atomic E-state index is -1.43. The topological polar surface area (TPSA) is 135 Å². The van der Waals surface area contributed by atoms with Crippen LogP contribution in [0.25, 0.3) is 0 Å². The van der Waals surface area contributed by atoms with Gasteiger partial charge in [0.25, 0.3) is 0 Å². The lowest BCUT2D eigenvalue weighted by Crippen LogP contribution is -2.16. The Kier molecular flexibility index (Phi) is 2.18. The van der Waals surface area contributed by atoms with Crippen LogP contribution in [-0.4, -0.2) is 33.7 Å². The third-order valence-corrected chi connectivity index (χ3v) is 2.79. The van der Waals surface area contributed by atoms with E-state index in [2.05, 4.69) is 0 Å². The first kappa shape index (κ1) is 11.9. The molecule has 20 heavy (non-hydrogen) atoms. The van der Waals surface area contributed by atoms with Gasteiger partial charge in [-0.15, -0.1) is 0 Å². The molecule has 8 nitrogen and oxygen atoms in total. The van der Waals surface area contributed by atoms with Gasteiger partial charge in [-0.25, -0.2) is 9.59 Å². The van der Waals surface area contributed by atoms with Crippen LogP contribution >= 0.6 is 0 Å². The third-order valence-electron chi connectivity index (χ3n) is 2.79. The molecular formula is C12H4O8. The molecule has 0 fully saturated rings. The van der Waals surface area contributed by atoms with E-state index in [0.29, 0.717) is 0 Å². The maximum absolute atomic E-state index is 12.0. The van der Waals surface area contributed by atoms with Crippen LogP contribution < -0.4 is 0 Å². The number of carboxylic acids is 2. The van der Waals surface area contributed by atoms with E-state index in [1.54, 1.807) is 0 Å². The van der Waals surface area contributed by atoms with Gasteiger partial charge in [-0.1, -0.05) is 0 Å². The number of carbonyl (C=O) groups excluding carboxylic acids is 2. The summed E-state index contributed by atoms with van der Waals surface area (Å²) in [7, 11) is 0. The van der Waals surface area contributed by atoms with E-state index in [1.165, 1.54) is 0 Å². The second-order valence-corrected chi connectivity index (χ2v) is 3.98. The zero-order chi connectivity index (χ0) is 14.6. The van der Waals surface area contributed by atoms with Gasteiger partial charge in [-0.05, 0) is 0 Å². The monoisotopic (exact) mass is 276 g/mol. The zero-order valence-electron chi connectivity index (χ0n) is 9.50. The van der Waals surface area contributed by atoms with Crippen molar-refractivity contribution < 1.29 is 38.2 Å². The van der Waals surface area contributed by atoms with Crippen molar-refractivity contribution in [2.45, 2.75) is 0 Å². The summed E-state index contributed by atoms with van der Waals surface area (Å²) < 4.78 is 9.64. The lowest BCUT2D eigenvalue weighted by molar-refractivity contribution is 0.0648. The van der Waals surface area contributed by atoms with Crippen LogP contribution in [0.15, 0.2) is 21.0 Å². The molecular weight excluding hydrogens is 272 g/mol. The molecule has 2 aromatic heterocycles. The summed E-state index contributed by atoms with van der Waals surface area (Å²) in [6.45, 7) is 0. The molecule has 0 aromatic carbocycles. The smallest absolute Gasteiger partial charge is 0.371 e. The zero-order valence-corrected chi connectivity index (χ0v) is 9.50. The molecule has 0 spiro atoms. The Bertz CT molecular complexity index is 688. The first-order valence-electron chi connectivity index (χ1n) is 5.23. The van der Waals surface area contributed by atoms with E-state index >= 15 is 0 Å². The Balaban J connectivity index is 2.21. The van der Waals surface area contributed by atoms with E-state index in [4.69, 9.17) is 19.0 Å². The van der Waals surface area contributed by atoms with E-state index in [1.807, 2.05) is 0 Å². The molecule has 1 aliphatic carbocycles. The second-order valence-electron chi connectivity index (χ2n) is 3.98. The lowest BCUT2D eigenvalue weighted by atomic mass is 9.94. The number of hydrogen-bond donors (Lipinski definition) is 2. The van der Waals surface area contributed by atoms with Gasteiger partial charge in [0, 0.05) is 12.1 Å². The van der Waals surface area contributed by atoms with Crippen molar-refractivity contribution in [1.82, 2.24) is 0 Å². The van der Waals surface area contributed by atoms with Crippen molar-refractivity contribution in [2.75, 3.05) is 0 Å². The molecule has 0 saturated carbocycles. The minimum absolute atomic E-state index is 0.258. The summed E-state index contributed by atoms with van der Waals surface area (Å²) in [6.07, 6.45) is 0. The average Bonchev–Trinajstić information content (AvgIpc) is 3.00. The molecule has 8 heteroatoms. The Morgan fingerprint density at radius 2 is 1.15 bits per heavy atom. The number of carbonyl (C=O) groups is 4. The number of aromatic carboxylic acids is 2. The first-order chi connectivity index (χ1) is 9.40. The van der Waals surface area contributed by atoms with Crippen molar-refractivity contribution in [1.29, 1.82) is 0 Å². The summed E-state index contributed by atoms with van der Waals surface area (Å²) in [5.74, 6) is -6.42. The molecule has 100 valence electrons. The van der Waals surface area contributed by atoms with Crippen molar-refractivity contribution >= 4 is 23.5 Å². The molecule has 0 saturated heterocycles. The third kappa shape index (κ3) is 1.41. The van der Waals surface area contributed by atoms with E-state index in [0.717, 1.165) is 12.1 Å². The molecule has 2 heterocycles. The highest BCUT2D eigenvalue weighted by molar-refractivity contribution is 6.27. The molecule has 0 amide bonds. The van der Waals surface area contributed by atoms with Gasteiger partial charge < -0.3 is 19.0 Å². The highest BCUT2D eigenvalue weighted by Crippen LogP contribution is 2.31. The summed E-state index contributed by atoms with van der Waals surface area (Å²) in [4.78, 5) is 45.6. The first-order valence-corrected chi connectivity index (χ1v) is 5.23. The fraction of sp³-hybridized carbons (Fsp3) is 0. The van der Waals surface area contributed by atoms with Gasteiger partial charge in [0.15, 0.2) is 11.5 Å². The van der Waals surface area contributed by atoms with Gasteiger partial charge in [0.05, 0.1) is 11.1 Å². The van der Waals surface area contributed by atoms with Gasteiger partial charge in [-0.3, -0.25) is 9.59 Å². The van der Waals surface area contributed by atoms with Gasteiger partial charge in [0.2, 0.25) is 23.1 Å². The quantitative estimate of drug-likeness (QED) is 0.708. The molecule has 2 N–H and O–H groups in total. The average molecular weight is 276 g/mol. The molecule has 0 bridgehead atoms. The van der Waals surface area contributed by atoms with Crippen molar-refractivity contribution in [3.8, 4) is 0 Å². The largest absolute Gasteiger partial charge is 0.475 e. The molecule has 0 unspecified atom stereocenters. The normalized spacial score (nSPS) is 13.0. The molecule has 0 atom stereocenters. The Labute approximate surface area is 109 Å². The molecule has 1 aliphatic rings. The van der Waals surface area contributed by atoms with Crippen LogP contribution in [0.4, 0.5) is 0 Å². The summed E-state index contributed by atoms with van der Waals surface area (Å²) in [5.41, 5.74) is -0.516. The van der Waals surface area contributed by atoms with Crippen molar-refractivity contribution in [2.24, 2.45) is 0 Å². The van der Waals surface area contributed by atoms with E-state index in [-0.39, 0.29) is 11.1 Å². The van der Waals surface area contributed by atoms with E-state index < -0.39 is 46.5 Å². The number of furan rings is 2. The second kappa shape index (κ2) is 3.67. The van der Waals surface area contributed by atoms with E-state index in [9.17, 15) is 19.2 Å². The number of carboxylic acid groups (broad SMARTS) is 2. The van der Waals surface area contributed by atoms with Crippen LogP contribution in [0.1, 0.15) is 53.3 Å². The lowest BCUT2D eigenvalue weighted by Gasteiger charge is -2.05. The fourth-order valence-electron chi connectivity index (χ4n) is 1.91. The van der Waals surface area contributed by atoms with Crippen LogP contribution in [-0.2, 0) is 0 Å². The Morgan fingerprint density at radius 1 is 0.800 bits per heavy atom. The molecule has 2 aromatic rings. The molecule has 0 radical (unpaired) electrons. The standard InChI is InChI=1S/C12H4O8/c13-7-3-1-5(11(15)16)19-9(3)8(14)4-2-6(12(17)18)20-10(4)7/h1-2H,(H,15,16)(H,17,18). The highest BCUT2D eigenvalue weighted by Gasteiger charge is 2.38. The maximum Gasteiger partial charge on any atom is 0.371 e. The molecule has 0 aliphatic heterocycles. The Hall–Kier alpha value is -3.16. The van der Waals surface area contributed by atoms with Crippen LogP contribution in [0.5, 0.6) is 0 Å². The van der Waals surface area contributed by atoms with Crippen LogP contribution in [0, 0.1) is 0 Å². The fourth-order valence-corrected chi connectivity index (χ4v) is 1.91. The maximum atomic E-state index is 12.0. The number of ketones is 2. The van der Waals surface area contributed by atoms with Crippen LogP contribution in [0.3, 0.4) is 0 Å². The number of rotatable bonds is 2. The summed E-state index contributed by atoms with van der Waals surface area (Å²) in [6, 6.07) is 1.81. The van der Waals surface area contributed by atoms with Crippen molar-refractivity contribution in [3.63, 3.8) is 0 Å². The highest BCUT2D eigenvalue weighted by atomic mass is 16.4. The van der Waals surface area contributed by atoms with Gasteiger partial charge in [-0.2, -0.15) is 0 Å². The van der Waals surface area contributed by atoms with Gasteiger partial charge >= 0.3 is 11.9 Å². The number of hydrogen-bond acceptors (Lipinski definition) is 6. The Morgan fingerprint density at radius 3 is 1.45 bits per heavy atom. The molecule has 3 rings (SSSR count). The van der Waals surface area contributed by atoms with Gasteiger partial charge in [0.1, 0.15) is 0 Å². The SMILES string of the molecule is O=C(O)c1cc2c(o1)C(=O)c1cc(C(=O)O)oc1C2=O. The van der Waals surface area contributed by atoms with Crippen molar-refractivity contribution in [3.05, 3.63) is 46.3 Å². The summed E-state index contributed by atoms with van der Waals surface area (Å²) >= 11 is 0.